The van der Waals surface area contributed by atoms with Crippen LogP contribution in [-0.2, 0) is 13.5 Å². The second-order valence-corrected chi connectivity index (χ2v) is 6.75. The van der Waals surface area contributed by atoms with Crippen LogP contribution in [0.2, 0.25) is 0 Å². The number of nitrogens with zero attached hydrogens (tertiary/aromatic N) is 4. The van der Waals surface area contributed by atoms with E-state index in [0.717, 1.165) is 27.6 Å². The molecule has 8 heteroatoms. The molecule has 0 fully saturated rings. The average Bonchev–Trinajstić information content (AvgIpc) is 3.14. The Hall–Kier alpha value is -3.81. The van der Waals surface area contributed by atoms with Crippen LogP contribution < -0.4 is 20.9 Å². The Morgan fingerprint density at radius 2 is 1.79 bits per heavy atom. The first-order valence-corrected chi connectivity index (χ1v) is 9.04. The van der Waals surface area contributed by atoms with Gasteiger partial charge in [0.2, 0.25) is 0 Å². The molecular weight excluding hydrogens is 368 g/mol. The fraction of sp³-hybridized carbons (Fsp3) is 0.190. The average molecular weight is 390 g/mol. The van der Waals surface area contributed by atoms with Gasteiger partial charge in [0.1, 0.15) is 11.6 Å². The number of ether oxygens (including phenoxy) is 2. The van der Waals surface area contributed by atoms with Crippen molar-refractivity contribution in [2.45, 2.75) is 6.42 Å². The molecule has 4 aromatic rings. The lowest BCUT2D eigenvalue weighted by Crippen LogP contribution is -2.03. The zero-order chi connectivity index (χ0) is 20.5. The van der Waals surface area contributed by atoms with Crippen molar-refractivity contribution in [3.63, 3.8) is 0 Å². The number of aromatic nitrogens is 4. The Labute approximate surface area is 168 Å². The van der Waals surface area contributed by atoms with E-state index in [1.54, 1.807) is 25.1 Å². The minimum absolute atomic E-state index is 0.398. The van der Waals surface area contributed by atoms with Crippen LogP contribution in [0.5, 0.6) is 11.5 Å². The number of benzene rings is 2. The summed E-state index contributed by atoms with van der Waals surface area (Å²) < 4.78 is 12.4. The van der Waals surface area contributed by atoms with Crippen molar-refractivity contribution < 1.29 is 9.47 Å². The fourth-order valence-corrected chi connectivity index (χ4v) is 3.33. The third-order valence-corrected chi connectivity index (χ3v) is 4.77. The first kappa shape index (κ1) is 18.5. The summed E-state index contributed by atoms with van der Waals surface area (Å²) in [5.74, 6) is 2.34. The van der Waals surface area contributed by atoms with E-state index >= 15 is 0 Å². The first-order chi connectivity index (χ1) is 14.0. The molecule has 0 spiro atoms. The van der Waals surface area contributed by atoms with Crippen LogP contribution in [0.1, 0.15) is 11.4 Å². The molecule has 0 saturated carbocycles. The van der Waals surface area contributed by atoms with E-state index in [4.69, 9.17) is 25.9 Å². The van der Waals surface area contributed by atoms with Gasteiger partial charge in [0.05, 0.1) is 25.9 Å². The Kier molecular flexibility index (Phi) is 4.67. The summed E-state index contributed by atoms with van der Waals surface area (Å²) in [5.41, 5.74) is 16.6. The topological polar surface area (TPSA) is 114 Å². The molecule has 0 aliphatic rings. The number of hydrogen-bond acceptors (Lipinski definition) is 7. The normalized spacial score (nSPS) is 11.0. The predicted octanol–water partition coefficient (Wildman–Crippen LogP) is 2.80. The molecule has 4 N–H and O–H groups in total. The third-order valence-electron chi connectivity index (χ3n) is 4.77. The highest BCUT2D eigenvalue weighted by molar-refractivity contribution is 5.96. The highest BCUT2D eigenvalue weighted by Gasteiger charge is 2.13. The van der Waals surface area contributed by atoms with Crippen LogP contribution in [0.3, 0.4) is 0 Å². The number of nitrogen functional groups attached to an aromatic ring is 2. The Balaban J connectivity index is 1.75. The highest BCUT2D eigenvalue weighted by atomic mass is 16.5. The second-order valence-electron chi connectivity index (χ2n) is 6.75. The highest BCUT2D eigenvalue weighted by Crippen LogP contribution is 2.32. The largest absolute Gasteiger partial charge is 0.493 e. The van der Waals surface area contributed by atoms with E-state index in [1.807, 2.05) is 43.6 Å². The van der Waals surface area contributed by atoms with Gasteiger partial charge in [-0.3, -0.25) is 4.68 Å². The van der Waals surface area contributed by atoms with E-state index < -0.39 is 0 Å². The summed E-state index contributed by atoms with van der Waals surface area (Å²) in [6.45, 7) is 0. The van der Waals surface area contributed by atoms with Gasteiger partial charge in [-0.25, -0.2) is 9.97 Å². The standard InChI is InChI=1S/C21H22N6O2/c1-27-11-13(10-24-27)14-9-17-15(8-16(14)22)21(23)26-20(25-17)7-12-4-5-18(28-2)19(6-12)29-3/h4-6,8-11H,7,22H2,1-3H3,(H2,23,25,26). The van der Waals surface area contributed by atoms with Crippen LogP contribution in [-0.4, -0.2) is 34.0 Å². The van der Waals surface area contributed by atoms with Crippen LogP contribution in [0.4, 0.5) is 11.5 Å². The summed E-state index contributed by atoms with van der Waals surface area (Å²) in [5, 5.41) is 4.95. The van der Waals surface area contributed by atoms with E-state index in [1.165, 1.54) is 0 Å². The summed E-state index contributed by atoms with van der Waals surface area (Å²) in [7, 11) is 5.08. The van der Waals surface area contributed by atoms with E-state index in [-0.39, 0.29) is 0 Å². The van der Waals surface area contributed by atoms with Crippen LogP contribution in [0.25, 0.3) is 22.0 Å². The zero-order valence-corrected chi connectivity index (χ0v) is 16.5. The molecule has 0 aliphatic carbocycles. The Bertz CT molecular complexity index is 1200. The first-order valence-electron chi connectivity index (χ1n) is 9.04. The van der Waals surface area contributed by atoms with Crippen molar-refractivity contribution in [3.8, 4) is 22.6 Å². The van der Waals surface area contributed by atoms with Gasteiger partial charge in [-0.2, -0.15) is 5.10 Å². The molecule has 0 amide bonds. The van der Waals surface area contributed by atoms with Gasteiger partial charge in [-0.1, -0.05) is 6.07 Å². The Morgan fingerprint density at radius 1 is 1.00 bits per heavy atom. The number of fused-ring (bicyclic) bond motifs is 1. The molecule has 0 saturated heterocycles. The molecule has 2 heterocycles. The molecule has 0 atom stereocenters. The maximum Gasteiger partial charge on any atom is 0.161 e. The summed E-state index contributed by atoms with van der Waals surface area (Å²) in [6.07, 6.45) is 4.19. The van der Waals surface area contributed by atoms with Gasteiger partial charge >= 0.3 is 0 Å². The maximum atomic E-state index is 6.24. The van der Waals surface area contributed by atoms with Gasteiger partial charge in [-0.15, -0.1) is 0 Å². The molecule has 0 bridgehead atoms. The molecule has 2 aromatic heterocycles. The number of hydrogen-bond donors (Lipinski definition) is 2. The van der Waals surface area contributed by atoms with E-state index in [9.17, 15) is 0 Å². The molecule has 0 aliphatic heterocycles. The lowest BCUT2D eigenvalue weighted by atomic mass is 10.0. The minimum Gasteiger partial charge on any atom is -0.493 e. The number of rotatable bonds is 5. The smallest absolute Gasteiger partial charge is 0.161 e. The summed E-state index contributed by atoms with van der Waals surface area (Å²) in [6, 6.07) is 9.46. The molecule has 2 aromatic carbocycles. The SMILES string of the molecule is COc1ccc(Cc2nc(N)c3cc(N)c(-c4cnn(C)c4)cc3n2)cc1OC. The second kappa shape index (κ2) is 7.31. The molecule has 0 unspecified atom stereocenters. The van der Waals surface area contributed by atoms with Crippen molar-refractivity contribution >= 4 is 22.4 Å². The van der Waals surface area contributed by atoms with Crippen molar-refractivity contribution in [2.75, 3.05) is 25.7 Å². The molecule has 0 radical (unpaired) electrons. The van der Waals surface area contributed by atoms with E-state index in [0.29, 0.717) is 35.2 Å². The van der Waals surface area contributed by atoms with Gasteiger partial charge in [0, 0.05) is 41.9 Å². The van der Waals surface area contributed by atoms with Crippen molar-refractivity contribution in [1.82, 2.24) is 19.7 Å². The van der Waals surface area contributed by atoms with Crippen molar-refractivity contribution in [1.29, 1.82) is 0 Å². The summed E-state index contributed by atoms with van der Waals surface area (Å²) >= 11 is 0. The van der Waals surface area contributed by atoms with Crippen molar-refractivity contribution in [2.24, 2.45) is 7.05 Å². The molecule has 148 valence electrons. The lowest BCUT2D eigenvalue weighted by Gasteiger charge is -2.11. The molecule has 8 nitrogen and oxygen atoms in total. The fourth-order valence-electron chi connectivity index (χ4n) is 3.33. The number of nitrogens with two attached hydrogens (primary N) is 2. The van der Waals surface area contributed by atoms with Crippen LogP contribution >= 0.6 is 0 Å². The summed E-state index contributed by atoms with van der Waals surface area (Å²) in [4.78, 5) is 9.18. The monoisotopic (exact) mass is 390 g/mol. The van der Waals surface area contributed by atoms with Gasteiger partial charge in [0.15, 0.2) is 11.5 Å². The van der Waals surface area contributed by atoms with Crippen molar-refractivity contribution in [3.05, 3.63) is 54.1 Å². The third kappa shape index (κ3) is 3.52. The molecule has 29 heavy (non-hydrogen) atoms. The predicted molar refractivity (Wildman–Crippen MR) is 113 cm³/mol. The van der Waals surface area contributed by atoms with E-state index in [2.05, 4.69) is 10.1 Å². The number of methoxy groups -OCH3 is 2. The minimum atomic E-state index is 0.398. The number of anilines is 2. The zero-order valence-electron chi connectivity index (χ0n) is 16.5. The Morgan fingerprint density at radius 3 is 2.48 bits per heavy atom. The quantitative estimate of drug-likeness (QED) is 0.504. The maximum absolute atomic E-state index is 6.24. The molecular formula is C21H22N6O2. The van der Waals surface area contributed by atoms with Crippen LogP contribution in [0, 0.1) is 0 Å². The lowest BCUT2D eigenvalue weighted by molar-refractivity contribution is 0.354. The van der Waals surface area contributed by atoms with Gasteiger partial charge in [-0.05, 0) is 29.8 Å². The van der Waals surface area contributed by atoms with Gasteiger partial charge in [0.25, 0.3) is 0 Å². The van der Waals surface area contributed by atoms with Crippen LogP contribution in [0.15, 0.2) is 42.7 Å². The number of aryl methyl sites for hydroxylation is 1. The molecule has 4 rings (SSSR count). The van der Waals surface area contributed by atoms with Gasteiger partial charge < -0.3 is 20.9 Å².